The van der Waals surface area contributed by atoms with Crippen molar-refractivity contribution in [2.75, 3.05) is 19.7 Å². The lowest BCUT2D eigenvalue weighted by Gasteiger charge is -2.31. The minimum Gasteiger partial charge on any atom is -0.452 e. The molecule has 0 unspecified atom stereocenters. The van der Waals surface area contributed by atoms with Gasteiger partial charge in [-0.2, -0.15) is 0 Å². The maximum Gasteiger partial charge on any atom is 0.331 e. The number of aromatic nitrogens is 1. The summed E-state index contributed by atoms with van der Waals surface area (Å²) in [6.45, 7) is 3.06. The van der Waals surface area contributed by atoms with Crippen molar-refractivity contribution in [3.8, 4) is 0 Å². The molecule has 5 nitrogen and oxygen atoms in total. The van der Waals surface area contributed by atoms with Gasteiger partial charge in [-0.05, 0) is 49.1 Å². The van der Waals surface area contributed by atoms with E-state index in [-0.39, 0.29) is 18.4 Å². The SMILES string of the molecule is Cc1ccccc1/C=C/C(=O)OCC(=O)N1CCC[C@H](c2nc3ccccc3s2)C1. The zero-order valence-electron chi connectivity index (χ0n) is 16.9. The van der Waals surface area contributed by atoms with Crippen molar-refractivity contribution >= 4 is 39.5 Å². The molecule has 2 heterocycles. The molecule has 2 aromatic carbocycles. The molecule has 1 saturated heterocycles. The summed E-state index contributed by atoms with van der Waals surface area (Å²) in [5.41, 5.74) is 3.04. The van der Waals surface area contributed by atoms with Gasteiger partial charge in [-0.3, -0.25) is 4.79 Å². The van der Waals surface area contributed by atoms with Gasteiger partial charge in [-0.1, -0.05) is 36.4 Å². The molecule has 30 heavy (non-hydrogen) atoms. The van der Waals surface area contributed by atoms with Crippen molar-refractivity contribution in [3.63, 3.8) is 0 Å². The second-order valence-corrected chi connectivity index (χ2v) is 8.56. The third-order valence-electron chi connectivity index (χ3n) is 5.36. The van der Waals surface area contributed by atoms with Gasteiger partial charge < -0.3 is 9.64 Å². The van der Waals surface area contributed by atoms with Crippen molar-refractivity contribution in [3.05, 3.63) is 70.7 Å². The summed E-state index contributed by atoms with van der Waals surface area (Å²) in [4.78, 5) is 31.1. The van der Waals surface area contributed by atoms with Gasteiger partial charge in [0.1, 0.15) is 0 Å². The number of carbonyl (C=O) groups excluding carboxylic acids is 2. The smallest absolute Gasteiger partial charge is 0.331 e. The number of hydrogen-bond donors (Lipinski definition) is 0. The predicted molar refractivity (Wildman–Crippen MR) is 119 cm³/mol. The van der Waals surface area contributed by atoms with Crippen molar-refractivity contribution in [2.45, 2.75) is 25.7 Å². The lowest BCUT2D eigenvalue weighted by atomic mass is 9.99. The number of para-hydroxylation sites is 1. The number of esters is 1. The number of rotatable bonds is 5. The number of amides is 1. The first-order valence-corrected chi connectivity index (χ1v) is 11.0. The van der Waals surface area contributed by atoms with E-state index in [4.69, 9.17) is 9.72 Å². The van der Waals surface area contributed by atoms with E-state index < -0.39 is 5.97 Å². The predicted octanol–water partition coefficient (Wildman–Crippen LogP) is 4.57. The van der Waals surface area contributed by atoms with Crippen LogP contribution in [0.4, 0.5) is 0 Å². The number of aryl methyl sites for hydroxylation is 1. The number of hydrogen-bond acceptors (Lipinski definition) is 5. The van der Waals surface area contributed by atoms with Crippen molar-refractivity contribution in [2.24, 2.45) is 0 Å². The molecule has 6 heteroatoms. The Balaban J connectivity index is 1.32. The Morgan fingerprint density at radius 1 is 1.20 bits per heavy atom. The number of nitrogens with zero attached hydrogens (tertiary/aromatic N) is 2. The Morgan fingerprint density at radius 2 is 2.00 bits per heavy atom. The first-order chi connectivity index (χ1) is 14.6. The van der Waals surface area contributed by atoms with E-state index in [1.807, 2.05) is 49.4 Å². The fourth-order valence-electron chi connectivity index (χ4n) is 3.67. The topological polar surface area (TPSA) is 59.5 Å². The summed E-state index contributed by atoms with van der Waals surface area (Å²) in [5, 5.41) is 1.08. The number of fused-ring (bicyclic) bond motifs is 1. The van der Waals surface area contributed by atoms with Crippen LogP contribution in [0.3, 0.4) is 0 Å². The molecule has 0 N–H and O–H groups in total. The molecular formula is C24H24N2O3S. The second kappa shape index (κ2) is 9.22. The first-order valence-electron chi connectivity index (χ1n) is 10.1. The third kappa shape index (κ3) is 4.76. The summed E-state index contributed by atoms with van der Waals surface area (Å²) < 4.78 is 6.35. The Kier molecular flexibility index (Phi) is 6.23. The molecule has 4 rings (SSSR count). The Hall–Kier alpha value is -2.99. The number of ether oxygens (including phenoxy) is 1. The van der Waals surface area contributed by atoms with Crippen LogP contribution in [0.5, 0.6) is 0 Å². The maximum atomic E-state index is 12.6. The molecule has 1 atom stereocenters. The minimum absolute atomic E-state index is 0.154. The molecule has 3 aromatic rings. The zero-order chi connectivity index (χ0) is 20.9. The minimum atomic E-state index is -0.508. The number of carbonyl (C=O) groups is 2. The summed E-state index contributed by atoms with van der Waals surface area (Å²) in [5.74, 6) is -0.429. The summed E-state index contributed by atoms with van der Waals surface area (Å²) in [6.07, 6.45) is 5.03. The molecule has 1 aliphatic rings. The van der Waals surface area contributed by atoms with Crippen LogP contribution in [0.15, 0.2) is 54.6 Å². The van der Waals surface area contributed by atoms with Crippen LogP contribution in [-0.2, 0) is 14.3 Å². The molecule has 0 radical (unpaired) electrons. The average Bonchev–Trinajstić information content (AvgIpc) is 3.21. The Labute approximate surface area is 180 Å². The van der Waals surface area contributed by atoms with Gasteiger partial charge in [-0.25, -0.2) is 9.78 Å². The highest BCUT2D eigenvalue weighted by molar-refractivity contribution is 7.18. The van der Waals surface area contributed by atoms with Gasteiger partial charge in [0.25, 0.3) is 5.91 Å². The lowest BCUT2D eigenvalue weighted by Crippen LogP contribution is -2.41. The van der Waals surface area contributed by atoms with Gasteiger partial charge in [0.2, 0.25) is 0 Å². The standard InChI is InChI=1S/C24H24N2O3S/c1-17-7-2-3-8-18(17)12-13-23(28)29-16-22(27)26-14-6-9-19(15-26)24-25-20-10-4-5-11-21(20)30-24/h2-5,7-8,10-13,19H,6,9,14-16H2,1H3/b13-12+/t19-/m0/s1. The number of likely N-dealkylation sites (tertiary alicyclic amines) is 1. The monoisotopic (exact) mass is 420 g/mol. The van der Waals surface area contributed by atoms with Gasteiger partial charge in [0.05, 0.1) is 15.2 Å². The zero-order valence-corrected chi connectivity index (χ0v) is 17.7. The van der Waals surface area contributed by atoms with Gasteiger partial charge in [-0.15, -0.1) is 11.3 Å². The first kappa shape index (κ1) is 20.3. The van der Waals surface area contributed by atoms with E-state index in [0.717, 1.165) is 34.5 Å². The summed E-state index contributed by atoms with van der Waals surface area (Å²) >= 11 is 1.70. The van der Waals surface area contributed by atoms with Gasteiger partial charge in [0.15, 0.2) is 6.61 Å². The van der Waals surface area contributed by atoms with E-state index in [0.29, 0.717) is 13.1 Å². The number of thiazole rings is 1. The molecule has 0 spiro atoms. The number of piperidine rings is 1. The van der Waals surface area contributed by atoms with Crippen LogP contribution in [0.25, 0.3) is 16.3 Å². The van der Waals surface area contributed by atoms with Crippen molar-refractivity contribution in [1.29, 1.82) is 0 Å². The molecule has 0 aliphatic carbocycles. The van der Waals surface area contributed by atoms with Crippen molar-refractivity contribution in [1.82, 2.24) is 9.88 Å². The largest absolute Gasteiger partial charge is 0.452 e. The lowest BCUT2D eigenvalue weighted by molar-refractivity contribution is -0.148. The van der Waals surface area contributed by atoms with Crippen molar-refractivity contribution < 1.29 is 14.3 Å². The molecule has 154 valence electrons. The van der Waals surface area contributed by atoms with Crippen LogP contribution in [0, 0.1) is 6.92 Å². The second-order valence-electron chi connectivity index (χ2n) is 7.50. The third-order valence-corrected chi connectivity index (χ3v) is 6.56. The normalized spacial score (nSPS) is 16.8. The molecule has 1 aromatic heterocycles. The molecule has 1 amide bonds. The molecular weight excluding hydrogens is 396 g/mol. The highest BCUT2D eigenvalue weighted by Gasteiger charge is 2.27. The van der Waals surface area contributed by atoms with Crippen LogP contribution in [0.2, 0.25) is 0 Å². The Morgan fingerprint density at radius 3 is 2.83 bits per heavy atom. The van der Waals surface area contributed by atoms with Gasteiger partial charge in [0, 0.05) is 25.1 Å². The molecule has 0 saturated carbocycles. The highest BCUT2D eigenvalue weighted by Crippen LogP contribution is 2.32. The fraction of sp³-hybridized carbons (Fsp3) is 0.292. The fourth-order valence-corrected chi connectivity index (χ4v) is 4.77. The average molecular weight is 421 g/mol. The Bertz CT molecular complexity index is 1060. The summed E-state index contributed by atoms with van der Waals surface area (Å²) in [7, 11) is 0. The van der Waals surface area contributed by atoms with E-state index in [2.05, 4.69) is 6.07 Å². The number of benzene rings is 2. The molecule has 1 aliphatic heterocycles. The molecule has 1 fully saturated rings. The van der Waals surface area contributed by atoms with E-state index in [1.54, 1.807) is 22.3 Å². The molecule has 0 bridgehead atoms. The van der Waals surface area contributed by atoms with Gasteiger partial charge >= 0.3 is 5.97 Å². The van der Waals surface area contributed by atoms with E-state index >= 15 is 0 Å². The highest BCUT2D eigenvalue weighted by atomic mass is 32.1. The quantitative estimate of drug-likeness (QED) is 0.448. The van der Waals surface area contributed by atoms with E-state index in [1.165, 1.54) is 10.8 Å². The summed E-state index contributed by atoms with van der Waals surface area (Å²) in [6, 6.07) is 15.9. The van der Waals surface area contributed by atoms with Crippen LogP contribution >= 0.6 is 11.3 Å². The van der Waals surface area contributed by atoms with Crippen LogP contribution in [0.1, 0.15) is 34.9 Å². The van der Waals surface area contributed by atoms with Crippen LogP contribution < -0.4 is 0 Å². The van der Waals surface area contributed by atoms with E-state index in [9.17, 15) is 9.59 Å². The maximum absolute atomic E-state index is 12.6. The van der Waals surface area contributed by atoms with Crippen LogP contribution in [-0.4, -0.2) is 41.5 Å².